The normalized spacial score (nSPS) is 14.5. The van der Waals surface area contributed by atoms with Gasteiger partial charge in [-0.2, -0.15) is 5.26 Å². The summed E-state index contributed by atoms with van der Waals surface area (Å²) < 4.78 is 5.50. The molecule has 1 aliphatic heterocycles. The number of rotatable bonds is 0. The lowest BCUT2D eigenvalue weighted by atomic mass is 9.85. The molecule has 1 aliphatic rings. The molecule has 0 unspecified atom stereocenters. The summed E-state index contributed by atoms with van der Waals surface area (Å²) in [4.78, 5) is 0. The van der Waals surface area contributed by atoms with Crippen LogP contribution in [0.25, 0.3) is 6.08 Å². The van der Waals surface area contributed by atoms with Crippen LogP contribution >= 0.6 is 0 Å². The Morgan fingerprint density at radius 3 is 2.69 bits per heavy atom. The van der Waals surface area contributed by atoms with Crippen molar-refractivity contribution in [1.29, 1.82) is 5.26 Å². The van der Waals surface area contributed by atoms with Crippen LogP contribution in [0.3, 0.4) is 0 Å². The van der Waals surface area contributed by atoms with E-state index in [4.69, 9.17) is 10.00 Å². The van der Waals surface area contributed by atoms with Crippen molar-refractivity contribution in [3.05, 3.63) is 34.9 Å². The van der Waals surface area contributed by atoms with Crippen LogP contribution in [0.1, 0.15) is 31.9 Å². The minimum atomic E-state index is 0.118. The van der Waals surface area contributed by atoms with Gasteiger partial charge in [-0.3, -0.25) is 0 Å². The number of nitrogens with zero attached hydrogens (tertiary/aromatic N) is 1. The van der Waals surface area contributed by atoms with Gasteiger partial charge in [-0.25, -0.2) is 0 Å². The first kappa shape index (κ1) is 10.8. The van der Waals surface area contributed by atoms with E-state index in [1.807, 2.05) is 12.1 Å². The van der Waals surface area contributed by atoms with Crippen LogP contribution in [0, 0.1) is 11.3 Å². The Balaban J connectivity index is 2.48. The molecule has 0 spiro atoms. The van der Waals surface area contributed by atoms with Crippen molar-refractivity contribution in [3.63, 3.8) is 0 Å². The molecule has 0 atom stereocenters. The molecule has 2 heteroatoms. The monoisotopic (exact) mass is 213 g/mol. The molecule has 0 aliphatic carbocycles. The second-order valence-electron chi connectivity index (χ2n) is 5.07. The summed E-state index contributed by atoms with van der Waals surface area (Å²) >= 11 is 0. The first-order valence-corrected chi connectivity index (χ1v) is 5.39. The van der Waals surface area contributed by atoms with Gasteiger partial charge in [0.1, 0.15) is 12.4 Å². The molecular weight excluding hydrogens is 198 g/mol. The van der Waals surface area contributed by atoms with Crippen molar-refractivity contribution < 1.29 is 4.74 Å². The van der Waals surface area contributed by atoms with E-state index < -0.39 is 0 Å². The van der Waals surface area contributed by atoms with Gasteiger partial charge < -0.3 is 4.74 Å². The van der Waals surface area contributed by atoms with Crippen molar-refractivity contribution in [3.8, 4) is 11.8 Å². The molecule has 0 saturated heterocycles. The third kappa shape index (κ3) is 1.94. The third-order valence-corrected chi connectivity index (χ3v) is 2.73. The van der Waals surface area contributed by atoms with Gasteiger partial charge in [0.25, 0.3) is 0 Å². The highest BCUT2D eigenvalue weighted by Crippen LogP contribution is 2.31. The lowest BCUT2D eigenvalue weighted by molar-refractivity contribution is 0.351. The number of nitriles is 1. The maximum absolute atomic E-state index is 8.85. The molecule has 16 heavy (non-hydrogen) atoms. The van der Waals surface area contributed by atoms with E-state index in [0.29, 0.717) is 12.2 Å². The molecule has 2 rings (SSSR count). The molecule has 1 aromatic carbocycles. The minimum Gasteiger partial charge on any atom is -0.488 e. The molecule has 0 aromatic heterocycles. The van der Waals surface area contributed by atoms with Gasteiger partial charge in [0.2, 0.25) is 0 Å². The van der Waals surface area contributed by atoms with E-state index in [-0.39, 0.29) is 5.41 Å². The molecule has 2 nitrogen and oxygen atoms in total. The number of hydrogen-bond donors (Lipinski definition) is 0. The SMILES string of the molecule is CC(C)(C)c1ccc2c(c1)C=C(C#N)CO2. The molecule has 0 bridgehead atoms. The maximum atomic E-state index is 8.85. The Labute approximate surface area is 96.2 Å². The number of benzene rings is 1. The molecule has 0 radical (unpaired) electrons. The van der Waals surface area contributed by atoms with E-state index in [9.17, 15) is 0 Å². The van der Waals surface area contributed by atoms with E-state index in [0.717, 1.165) is 11.3 Å². The summed E-state index contributed by atoms with van der Waals surface area (Å²) in [5.41, 5.74) is 3.06. The predicted octanol–water partition coefficient (Wildman–Crippen LogP) is 3.28. The first-order valence-electron chi connectivity index (χ1n) is 5.39. The van der Waals surface area contributed by atoms with Crippen LogP contribution in [0.15, 0.2) is 23.8 Å². The van der Waals surface area contributed by atoms with Gasteiger partial charge in [0, 0.05) is 5.56 Å². The van der Waals surface area contributed by atoms with E-state index >= 15 is 0 Å². The Hall–Kier alpha value is -1.75. The van der Waals surface area contributed by atoms with Crippen LogP contribution in [0.2, 0.25) is 0 Å². The quantitative estimate of drug-likeness (QED) is 0.662. The molecule has 82 valence electrons. The van der Waals surface area contributed by atoms with Gasteiger partial charge in [0.05, 0.1) is 11.6 Å². The summed E-state index contributed by atoms with van der Waals surface area (Å²) in [6.45, 7) is 6.91. The van der Waals surface area contributed by atoms with Gasteiger partial charge >= 0.3 is 0 Å². The molecule has 1 heterocycles. The van der Waals surface area contributed by atoms with E-state index in [1.165, 1.54) is 5.56 Å². The second kappa shape index (κ2) is 3.68. The van der Waals surface area contributed by atoms with Crippen molar-refractivity contribution >= 4 is 6.08 Å². The zero-order chi connectivity index (χ0) is 11.8. The topological polar surface area (TPSA) is 33.0 Å². The molecule has 0 N–H and O–H groups in total. The summed E-state index contributed by atoms with van der Waals surface area (Å²) in [5.74, 6) is 0.868. The van der Waals surface area contributed by atoms with Crippen molar-refractivity contribution in [2.24, 2.45) is 0 Å². The Morgan fingerprint density at radius 2 is 2.06 bits per heavy atom. The zero-order valence-corrected chi connectivity index (χ0v) is 9.87. The van der Waals surface area contributed by atoms with Crippen LogP contribution in [-0.4, -0.2) is 6.61 Å². The smallest absolute Gasteiger partial charge is 0.127 e. The van der Waals surface area contributed by atoms with Gasteiger partial charge in [-0.1, -0.05) is 26.8 Å². The van der Waals surface area contributed by atoms with Crippen LogP contribution < -0.4 is 4.74 Å². The van der Waals surface area contributed by atoms with Crippen LogP contribution in [0.5, 0.6) is 5.75 Å². The first-order chi connectivity index (χ1) is 7.50. The predicted molar refractivity (Wildman–Crippen MR) is 64.2 cm³/mol. The number of hydrogen-bond acceptors (Lipinski definition) is 2. The Bertz CT molecular complexity index is 486. The van der Waals surface area contributed by atoms with Gasteiger partial charge in [-0.15, -0.1) is 0 Å². The third-order valence-electron chi connectivity index (χ3n) is 2.73. The molecular formula is C14H15NO. The van der Waals surface area contributed by atoms with Crippen LogP contribution in [0.4, 0.5) is 0 Å². The highest BCUT2D eigenvalue weighted by atomic mass is 16.5. The zero-order valence-electron chi connectivity index (χ0n) is 9.87. The minimum absolute atomic E-state index is 0.118. The lowest BCUT2D eigenvalue weighted by Crippen LogP contribution is -2.13. The van der Waals surface area contributed by atoms with E-state index in [1.54, 1.807) is 0 Å². The molecule has 0 saturated carbocycles. The Kier molecular flexibility index (Phi) is 2.47. The molecule has 0 fully saturated rings. The van der Waals surface area contributed by atoms with Crippen molar-refractivity contribution in [2.45, 2.75) is 26.2 Å². The fourth-order valence-corrected chi connectivity index (χ4v) is 1.71. The number of ether oxygens (including phenoxy) is 1. The van der Waals surface area contributed by atoms with E-state index in [2.05, 4.69) is 39.0 Å². The highest BCUT2D eigenvalue weighted by Gasteiger charge is 2.17. The number of fused-ring (bicyclic) bond motifs is 1. The molecule has 0 amide bonds. The maximum Gasteiger partial charge on any atom is 0.127 e. The van der Waals surface area contributed by atoms with Crippen LogP contribution in [-0.2, 0) is 5.41 Å². The molecule has 1 aromatic rings. The van der Waals surface area contributed by atoms with Crippen molar-refractivity contribution in [2.75, 3.05) is 6.61 Å². The summed E-state index contributed by atoms with van der Waals surface area (Å²) in [5, 5.41) is 8.85. The van der Waals surface area contributed by atoms with Gasteiger partial charge in [-0.05, 0) is 29.2 Å². The summed E-state index contributed by atoms with van der Waals surface area (Å²) in [6.07, 6.45) is 1.91. The standard InChI is InChI=1S/C14H15NO/c1-14(2,3)12-4-5-13-11(7-12)6-10(8-15)9-16-13/h4-7H,9H2,1-3H3. The summed E-state index contributed by atoms with van der Waals surface area (Å²) in [6, 6.07) is 8.32. The highest BCUT2D eigenvalue weighted by molar-refractivity contribution is 5.66. The fourth-order valence-electron chi connectivity index (χ4n) is 1.71. The van der Waals surface area contributed by atoms with Gasteiger partial charge in [0.15, 0.2) is 0 Å². The average molecular weight is 213 g/mol. The average Bonchev–Trinajstić information content (AvgIpc) is 2.26. The fraction of sp³-hybridized carbons (Fsp3) is 0.357. The summed E-state index contributed by atoms with van der Waals surface area (Å²) in [7, 11) is 0. The largest absolute Gasteiger partial charge is 0.488 e. The second-order valence-corrected chi connectivity index (χ2v) is 5.07. The van der Waals surface area contributed by atoms with Crippen molar-refractivity contribution in [1.82, 2.24) is 0 Å². The Morgan fingerprint density at radius 1 is 1.31 bits per heavy atom. The lowest BCUT2D eigenvalue weighted by Gasteiger charge is -2.22.